The number of aromatic nitrogens is 2. The summed E-state index contributed by atoms with van der Waals surface area (Å²) in [6.45, 7) is 6.70. The van der Waals surface area contributed by atoms with Crippen LogP contribution in [0.1, 0.15) is 39.3 Å². The Bertz CT molecular complexity index is 663. The molecule has 0 aliphatic heterocycles. The zero-order valence-electron chi connectivity index (χ0n) is 12.9. The predicted molar refractivity (Wildman–Crippen MR) is 82.0 cm³/mol. The highest BCUT2D eigenvalue weighted by atomic mass is 16.6. The lowest BCUT2D eigenvalue weighted by molar-refractivity contribution is -0.153. The van der Waals surface area contributed by atoms with E-state index in [9.17, 15) is 4.79 Å². The summed E-state index contributed by atoms with van der Waals surface area (Å²) in [4.78, 5) is 16.3. The molecule has 1 aliphatic rings. The van der Waals surface area contributed by atoms with Crippen molar-refractivity contribution in [3.8, 4) is 0 Å². The minimum atomic E-state index is -0.451. The summed E-state index contributed by atoms with van der Waals surface area (Å²) in [7, 11) is 0. The summed E-state index contributed by atoms with van der Waals surface area (Å²) in [6.07, 6.45) is 6.84. The van der Waals surface area contributed by atoms with Gasteiger partial charge in [0.15, 0.2) is 0 Å². The van der Waals surface area contributed by atoms with Crippen molar-refractivity contribution in [3.05, 3.63) is 30.2 Å². The summed E-state index contributed by atoms with van der Waals surface area (Å²) in [6, 6.07) is 4.10. The van der Waals surface area contributed by atoms with Crippen molar-refractivity contribution in [3.63, 3.8) is 0 Å². The maximum Gasteiger partial charge on any atom is 0.312 e. The Balaban J connectivity index is 1.77. The number of rotatable bonds is 4. The second kappa shape index (κ2) is 5.17. The molecule has 0 unspecified atom stereocenters. The van der Waals surface area contributed by atoms with Crippen molar-refractivity contribution >= 4 is 16.9 Å². The first-order valence-electron chi connectivity index (χ1n) is 7.56. The van der Waals surface area contributed by atoms with Gasteiger partial charge in [0.25, 0.3) is 0 Å². The lowest BCUT2D eigenvalue weighted by Crippen LogP contribution is -2.25. The van der Waals surface area contributed by atoms with Crippen molar-refractivity contribution in [1.82, 2.24) is 9.55 Å². The van der Waals surface area contributed by atoms with E-state index in [1.807, 2.05) is 33.0 Å². The van der Waals surface area contributed by atoms with E-state index in [4.69, 9.17) is 4.74 Å². The van der Waals surface area contributed by atoms with Gasteiger partial charge in [-0.3, -0.25) is 9.78 Å². The Kier molecular flexibility index (Phi) is 3.47. The highest BCUT2D eigenvalue weighted by Gasteiger charge is 2.22. The van der Waals surface area contributed by atoms with Crippen LogP contribution in [0.5, 0.6) is 0 Å². The van der Waals surface area contributed by atoms with Crippen LogP contribution in [0, 0.1) is 5.92 Å². The van der Waals surface area contributed by atoms with Crippen LogP contribution >= 0.6 is 0 Å². The van der Waals surface area contributed by atoms with Crippen LogP contribution in [0.15, 0.2) is 24.5 Å². The molecule has 0 saturated heterocycles. The summed E-state index contributed by atoms with van der Waals surface area (Å²) in [5, 5.41) is 1.13. The molecule has 2 aromatic heterocycles. The number of carbonyl (C=O) groups excluding carboxylic acids is 1. The molecule has 2 heterocycles. The minimum absolute atomic E-state index is 0.224. The SMILES string of the molecule is CC(C)(C)OC(=O)Cc1cc2c(ccn2CC2CC2)cn1. The quantitative estimate of drug-likeness (QED) is 0.810. The van der Waals surface area contributed by atoms with Crippen LogP contribution in [0.4, 0.5) is 0 Å². The molecule has 1 saturated carbocycles. The first-order valence-corrected chi connectivity index (χ1v) is 7.56. The molecular formula is C17H22N2O2. The molecule has 4 heteroatoms. The molecule has 0 amide bonds. The number of hydrogen-bond donors (Lipinski definition) is 0. The van der Waals surface area contributed by atoms with E-state index < -0.39 is 5.60 Å². The van der Waals surface area contributed by atoms with Gasteiger partial charge in [0, 0.05) is 24.3 Å². The van der Waals surface area contributed by atoms with Gasteiger partial charge in [-0.25, -0.2) is 0 Å². The van der Waals surface area contributed by atoms with Crippen LogP contribution in [-0.4, -0.2) is 21.1 Å². The molecular weight excluding hydrogens is 264 g/mol. The second-order valence-electron chi connectivity index (χ2n) is 6.91. The lowest BCUT2D eigenvalue weighted by Gasteiger charge is -2.19. The predicted octanol–water partition coefficient (Wildman–Crippen LogP) is 3.33. The Hall–Kier alpha value is -1.84. The number of ether oxygens (including phenoxy) is 1. The molecule has 2 aromatic rings. The zero-order valence-corrected chi connectivity index (χ0v) is 12.9. The van der Waals surface area contributed by atoms with Gasteiger partial charge in [-0.1, -0.05) is 0 Å². The molecule has 1 fully saturated rings. The Labute approximate surface area is 125 Å². The fraction of sp³-hybridized carbons (Fsp3) is 0.529. The van der Waals surface area contributed by atoms with E-state index in [0.717, 1.165) is 29.1 Å². The molecule has 21 heavy (non-hydrogen) atoms. The van der Waals surface area contributed by atoms with E-state index in [1.54, 1.807) is 0 Å². The third-order valence-electron chi connectivity index (χ3n) is 3.61. The second-order valence-corrected chi connectivity index (χ2v) is 6.91. The Morgan fingerprint density at radius 1 is 1.43 bits per heavy atom. The summed E-state index contributed by atoms with van der Waals surface area (Å²) in [5.74, 6) is 0.595. The van der Waals surface area contributed by atoms with E-state index in [2.05, 4.69) is 21.8 Å². The number of esters is 1. The van der Waals surface area contributed by atoms with E-state index in [1.165, 1.54) is 12.8 Å². The average Bonchev–Trinajstić information content (AvgIpc) is 3.09. The standard InChI is InChI=1S/C17H22N2O2/c1-17(2,3)21-16(20)9-14-8-15-13(10-18-14)6-7-19(15)11-12-4-5-12/h6-8,10,12H,4-5,9,11H2,1-3H3. The van der Waals surface area contributed by atoms with E-state index in [0.29, 0.717) is 0 Å². The van der Waals surface area contributed by atoms with Gasteiger partial charge in [0.2, 0.25) is 0 Å². The van der Waals surface area contributed by atoms with E-state index in [-0.39, 0.29) is 12.4 Å². The van der Waals surface area contributed by atoms with Gasteiger partial charge in [-0.15, -0.1) is 0 Å². The molecule has 112 valence electrons. The Morgan fingerprint density at radius 2 is 2.19 bits per heavy atom. The van der Waals surface area contributed by atoms with Gasteiger partial charge in [-0.2, -0.15) is 0 Å². The van der Waals surface area contributed by atoms with Crippen LogP contribution in [0.3, 0.4) is 0 Å². The summed E-state index contributed by atoms with van der Waals surface area (Å²) >= 11 is 0. The molecule has 0 spiro atoms. The monoisotopic (exact) mass is 286 g/mol. The molecule has 0 aromatic carbocycles. The van der Waals surface area contributed by atoms with Gasteiger partial charge >= 0.3 is 5.97 Å². The zero-order chi connectivity index (χ0) is 15.0. The smallest absolute Gasteiger partial charge is 0.312 e. The van der Waals surface area contributed by atoms with Crippen LogP contribution < -0.4 is 0 Å². The van der Waals surface area contributed by atoms with Gasteiger partial charge < -0.3 is 9.30 Å². The number of hydrogen-bond acceptors (Lipinski definition) is 3. The fourth-order valence-corrected chi connectivity index (χ4v) is 2.48. The third-order valence-corrected chi connectivity index (χ3v) is 3.61. The molecule has 0 N–H and O–H groups in total. The highest BCUT2D eigenvalue weighted by Crippen LogP contribution is 2.32. The minimum Gasteiger partial charge on any atom is -0.460 e. The third kappa shape index (κ3) is 3.63. The molecule has 0 bridgehead atoms. The maximum atomic E-state index is 11.9. The van der Waals surface area contributed by atoms with Crippen molar-refractivity contribution in [1.29, 1.82) is 0 Å². The Morgan fingerprint density at radius 3 is 2.86 bits per heavy atom. The number of pyridine rings is 1. The summed E-state index contributed by atoms with van der Waals surface area (Å²) < 4.78 is 7.63. The first-order chi connectivity index (χ1) is 9.90. The average molecular weight is 286 g/mol. The molecule has 4 nitrogen and oxygen atoms in total. The van der Waals surface area contributed by atoms with Crippen molar-refractivity contribution < 1.29 is 9.53 Å². The van der Waals surface area contributed by atoms with Gasteiger partial charge in [0.05, 0.1) is 17.6 Å². The largest absolute Gasteiger partial charge is 0.460 e. The van der Waals surface area contributed by atoms with E-state index >= 15 is 0 Å². The molecule has 3 rings (SSSR count). The number of carbonyl (C=O) groups is 1. The fourth-order valence-electron chi connectivity index (χ4n) is 2.48. The van der Waals surface area contributed by atoms with Crippen molar-refractivity contribution in [2.24, 2.45) is 5.92 Å². The normalized spacial score (nSPS) is 15.4. The molecule has 0 radical (unpaired) electrons. The van der Waals surface area contributed by atoms with Gasteiger partial charge in [-0.05, 0) is 51.7 Å². The van der Waals surface area contributed by atoms with Crippen LogP contribution in [-0.2, 0) is 22.5 Å². The number of nitrogens with zero attached hydrogens (tertiary/aromatic N) is 2. The summed E-state index contributed by atoms with van der Waals surface area (Å²) in [5.41, 5.74) is 1.48. The lowest BCUT2D eigenvalue weighted by atomic mass is 10.2. The van der Waals surface area contributed by atoms with Crippen LogP contribution in [0.2, 0.25) is 0 Å². The molecule has 0 atom stereocenters. The highest BCUT2D eigenvalue weighted by molar-refractivity contribution is 5.81. The number of fused-ring (bicyclic) bond motifs is 1. The van der Waals surface area contributed by atoms with Crippen molar-refractivity contribution in [2.45, 2.75) is 52.2 Å². The molecule has 1 aliphatic carbocycles. The van der Waals surface area contributed by atoms with Gasteiger partial charge in [0.1, 0.15) is 5.60 Å². The topological polar surface area (TPSA) is 44.1 Å². The van der Waals surface area contributed by atoms with Crippen molar-refractivity contribution in [2.75, 3.05) is 0 Å². The van der Waals surface area contributed by atoms with Crippen LogP contribution in [0.25, 0.3) is 10.9 Å². The first kappa shape index (κ1) is 14.1. The maximum absolute atomic E-state index is 11.9.